The Labute approximate surface area is 162 Å². The Morgan fingerprint density at radius 1 is 1.15 bits per heavy atom. The highest BCUT2D eigenvalue weighted by Crippen LogP contribution is 2.27. The van der Waals surface area contributed by atoms with Crippen molar-refractivity contribution in [2.75, 3.05) is 26.2 Å². The van der Waals surface area contributed by atoms with Crippen molar-refractivity contribution in [3.05, 3.63) is 58.1 Å². The first-order valence-corrected chi connectivity index (χ1v) is 9.86. The topological polar surface area (TPSA) is 42.4 Å². The van der Waals surface area contributed by atoms with Gasteiger partial charge in [0.05, 0.1) is 10.2 Å². The van der Waals surface area contributed by atoms with Crippen molar-refractivity contribution in [2.24, 2.45) is 0 Å². The molecule has 6 heteroatoms. The van der Waals surface area contributed by atoms with Crippen LogP contribution in [0.3, 0.4) is 0 Å². The number of fused-ring (bicyclic) bond motifs is 1. The van der Waals surface area contributed by atoms with E-state index in [1.807, 2.05) is 18.2 Å². The van der Waals surface area contributed by atoms with Gasteiger partial charge in [0.15, 0.2) is 5.01 Å². The lowest BCUT2D eigenvalue weighted by atomic mass is 10.1. The maximum Gasteiger partial charge on any atom is 0.221 e. The lowest BCUT2D eigenvalue weighted by molar-refractivity contribution is 0.103. The molecular weight excluding hydrogens is 368 g/mol. The average Bonchev–Trinajstić information content (AvgIpc) is 3.08. The zero-order valence-electron chi connectivity index (χ0n) is 14.9. The highest BCUT2D eigenvalue weighted by atomic mass is 35.5. The fraction of sp³-hybridized carbons (Fsp3) is 0.300. The highest BCUT2D eigenvalue weighted by Gasteiger charge is 2.15. The third-order valence-corrected chi connectivity index (χ3v) is 5.52. The summed E-state index contributed by atoms with van der Waals surface area (Å²) in [6.45, 7) is 7.84. The van der Waals surface area contributed by atoms with Gasteiger partial charge in [0, 0.05) is 23.2 Å². The summed E-state index contributed by atoms with van der Waals surface area (Å²) in [6, 6.07) is 12.6. The molecule has 0 bridgehead atoms. The Balaban J connectivity index is 1.72. The molecule has 4 nitrogen and oxygen atoms in total. The van der Waals surface area contributed by atoms with Crippen LogP contribution >= 0.6 is 22.9 Å². The summed E-state index contributed by atoms with van der Waals surface area (Å²) in [5, 5.41) is 1.08. The van der Waals surface area contributed by atoms with Crippen molar-refractivity contribution >= 4 is 38.9 Å². The van der Waals surface area contributed by atoms with E-state index < -0.39 is 0 Å². The van der Waals surface area contributed by atoms with E-state index in [1.165, 1.54) is 11.3 Å². The fourth-order valence-electron chi connectivity index (χ4n) is 2.65. The maximum absolute atomic E-state index is 12.6. The SMILES string of the molecule is CCN(CC)CCOc1ccc2sc(C(=O)c3ccc(Cl)cc3)nc2c1. The van der Waals surface area contributed by atoms with Crippen molar-refractivity contribution in [1.29, 1.82) is 0 Å². The quantitative estimate of drug-likeness (QED) is 0.514. The molecule has 0 aliphatic heterocycles. The Bertz CT molecular complexity index is 888. The van der Waals surface area contributed by atoms with Gasteiger partial charge >= 0.3 is 0 Å². The second-order valence-electron chi connectivity index (χ2n) is 5.86. The number of hydrogen-bond donors (Lipinski definition) is 0. The molecule has 0 aliphatic carbocycles. The van der Waals surface area contributed by atoms with Gasteiger partial charge in [-0.25, -0.2) is 4.98 Å². The van der Waals surface area contributed by atoms with Gasteiger partial charge in [-0.05, 0) is 49.5 Å². The lowest BCUT2D eigenvalue weighted by Crippen LogP contribution is -2.27. The van der Waals surface area contributed by atoms with Crippen LogP contribution in [0.2, 0.25) is 5.02 Å². The minimum atomic E-state index is -0.0909. The summed E-state index contributed by atoms with van der Waals surface area (Å²) in [5.74, 6) is 0.687. The Hall–Kier alpha value is -1.95. The summed E-state index contributed by atoms with van der Waals surface area (Å²) < 4.78 is 6.81. The van der Waals surface area contributed by atoms with Crippen LogP contribution in [0, 0.1) is 0 Å². The number of carbonyl (C=O) groups excluding carboxylic acids is 1. The Morgan fingerprint density at radius 3 is 2.58 bits per heavy atom. The standard InChI is InChI=1S/C20H21ClN2O2S/c1-3-23(4-2)11-12-25-16-9-10-18-17(13-16)22-20(26-18)19(24)14-5-7-15(21)8-6-14/h5-10,13H,3-4,11-12H2,1-2H3. The molecule has 26 heavy (non-hydrogen) atoms. The third-order valence-electron chi connectivity index (χ3n) is 4.23. The van der Waals surface area contributed by atoms with Crippen molar-refractivity contribution in [3.63, 3.8) is 0 Å². The fourth-order valence-corrected chi connectivity index (χ4v) is 3.69. The molecule has 0 saturated heterocycles. The third kappa shape index (κ3) is 4.41. The molecule has 3 aromatic rings. The predicted octanol–water partition coefficient (Wildman–Crippen LogP) is 4.90. The van der Waals surface area contributed by atoms with Crippen molar-refractivity contribution < 1.29 is 9.53 Å². The summed E-state index contributed by atoms with van der Waals surface area (Å²) >= 11 is 7.27. The lowest BCUT2D eigenvalue weighted by Gasteiger charge is -2.17. The minimum absolute atomic E-state index is 0.0909. The molecule has 0 amide bonds. The number of nitrogens with zero attached hydrogens (tertiary/aromatic N) is 2. The van der Waals surface area contributed by atoms with E-state index in [1.54, 1.807) is 24.3 Å². The molecule has 0 N–H and O–H groups in total. The molecule has 3 rings (SSSR count). The number of hydrogen-bond acceptors (Lipinski definition) is 5. The number of halogens is 1. The molecular formula is C20H21ClN2O2S. The Morgan fingerprint density at radius 2 is 1.88 bits per heavy atom. The minimum Gasteiger partial charge on any atom is -0.492 e. The van der Waals surface area contributed by atoms with Gasteiger partial charge in [0.2, 0.25) is 5.78 Å². The van der Waals surface area contributed by atoms with Gasteiger partial charge in [-0.2, -0.15) is 0 Å². The maximum atomic E-state index is 12.6. The van der Waals surface area contributed by atoms with Crippen molar-refractivity contribution in [3.8, 4) is 5.75 Å². The van der Waals surface area contributed by atoms with Crippen molar-refractivity contribution in [2.45, 2.75) is 13.8 Å². The second kappa shape index (κ2) is 8.62. The van der Waals surface area contributed by atoms with Gasteiger partial charge in [-0.3, -0.25) is 4.79 Å². The number of carbonyl (C=O) groups is 1. The number of ether oxygens (including phenoxy) is 1. The van der Waals surface area contributed by atoms with Crippen molar-refractivity contribution in [1.82, 2.24) is 9.88 Å². The largest absolute Gasteiger partial charge is 0.492 e. The zero-order valence-corrected chi connectivity index (χ0v) is 16.4. The van der Waals surface area contributed by atoms with Gasteiger partial charge < -0.3 is 9.64 Å². The van der Waals surface area contributed by atoms with Crippen LogP contribution < -0.4 is 4.74 Å². The van der Waals surface area contributed by atoms with Gasteiger partial charge in [0.1, 0.15) is 12.4 Å². The highest BCUT2D eigenvalue weighted by molar-refractivity contribution is 7.20. The monoisotopic (exact) mass is 388 g/mol. The molecule has 0 spiro atoms. The first-order valence-electron chi connectivity index (χ1n) is 8.66. The molecule has 0 saturated carbocycles. The number of benzene rings is 2. The molecule has 0 unspecified atom stereocenters. The predicted molar refractivity (Wildman–Crippen MR) is 108 cm³/mol. The smallest absolute Gasteiger partial charge is 0.221 e. The van der Waals surface area contributed by atoms with E-state index >= 15 is 0 Å². The normalized spacial score (nSPS) is 11.2. The Kier molecular flexibility index (Phi) is 6.25. The van der Waals surface area contributed by atoms with Crippen LogP contribution in [-0.2, 0) is 0 Å². The number of rotatable bonds is 8. The summed E-state index contributed by atoms with van der Waals surface area (Å²) in [4.78, 5) is 19.4. The van der Waals surface area contributed by atoms with E-state index in [0.29, 0.717) is 22.2 Å². The van der Waals surface area contributed by atoms with Gasteiger partial charge in [0.25, 0.3) is 0 Å². The van der Waals surface area contributed by atoms with E-state index in [4.69, 9.17) is 16.3 Å². The summed E-state index contributed by atoms with van der Waals surface area (Å²) in [5.41, 5.74) is 1.37. The van der Waals surface area contributed by atoms with Crippen LogP contribution in [0.5, 0.6) is 5.75 Å². The molecule has 0 fully saturated rings. The number of thiazole rings is 1. The van der Waals surface area contributed by atoms with Crippen LogP contribution in [0.4, 0.5) is 0 Å². The molecule has 1 aromatic heterocycles. The molecule has 0 aliphatic rings. The molecule has 1 heterocycles. The van der Waals surface area contributed by atoms with Gasteiger partial charge in [-0.15, -0.1) is 11.3 Å². The van der Waals surface area contributed by atoms with E-state index in [0.717, 1.165) is 35.6 Å². The average molecular weight is 389 g/mol. The van der Waals surface area contributed by atoms with Crippen LogP contribution in [-0.4, -0.2) is 41.9 Å². The second-order valence-corrected chi connectivity index (χ2v) is 7.33. The van der Waals surface area contributed by atoms with Crippen LogP contribution in [0.15, 0.2) is 42.5 Å². The molecule has 136 valence electrons. The van der Waals surface area contributed by atoms with E-state index in [9.17, 15) is 4.79 Å². The number of aromatic nitrogens is 1. The zero-order chi connectivity index (χ0) is 18.5. The number of likely N-dealkylation sites (N-methyl/N-ethyl adjacent to an activating group) is 1. The van der Waals surface area contributed by atoms with Crippen LogP contribution in [0.1, 0.15) is 29.2 Å². The first-order chi connectivity index (χ1) is 12.6. The van der Waals surface area contributed by atoms with Gasteiger partial charge in [-0.1, -0.05) is 25.4 Å². The molecule has 2 aromatic carbocycles. The number of ketones is 1. The first kappa shape index (κ1) is 18.8. The molecule has 0 atom stereocenters. The van der Waals surface area contributed by atoms with Crippen LogP contribution in [0.25, 0.3) is 10.2 Å². The molecule has 0 radical (unpaired) electrons. The van der Waals surface area contributed by atoms with E-state index in [2.05, 4.69) is 23.7 Å². The summed E-state index contributed by atoms with van der Waals surface area (Å²) in [7, 11) is 0. The van der Waals surface area contributed by atoms with E-state index in [-0.39, 0.29) is 5.78 Å². The summed E-state index contributed by atoms with van der Waals surface area (Å²) in [6.07, 6.45) is 0.